The summed E-state index contributed by atoms with van der Waals surface area (Å²) in [5, 5.41) is 27.5. The Bertz CT molecular complexity index is 394. The van der Waals surface area contributed by atoms with Crippen molar-refractivity contribution >= 4 is 28.8 Å². The molecule has 6 nitrogen and oxygen atoms in total. The number of likely N-dealkylation sites (N-methyl/N-ethyl adjacent to an activating group) is 1. The second kappa shape index (κ2) is 9.57. The minimum atomic E-state index is -1.16. The molecule has 0 saturated carbocycles. The van der Waals surface area contributed by atoms with Crippen LogP contribution in [-0.4, -0.2) is 62.5 Å². The smallest absolute Gasteiger partial charge is 0.136 e. The van der Waals surface area contributed by atoms with Gasteiger partial charge in [-0.25, -0.2) is 0 Å². The SMILES string of the molecule is Br.CN(C)C(=O)[O-].C[N+](C)(CCO)c1ccc(O)cc1. The zero-order valence-corrected chi connectivity index (χ0v) is 14.0. The summed E-state index contributed by atoms with van der Waals surface area (Å²) in [6.07, 6.45) is -1.16. The maximum absolute atomic E-state index is 9.51. The minimum Gasteiger partial charge on any atom is -0.530 e. The van der Waals surface area contributed by atoms with Crippen molar-refractivity contribution in [2.24, 2.45) is 0 Å². The van der Waals surface area contributed by atoms with Crippen LogP contribution >= 0.6 is 17.0 Å². The molecule has 0 saturated heterocycles. The van der Waals surface area contributed by atoms with Crippen molar-refractivity contribution in [3.8, 4) is 5.75 Å². The Morgan fingerprint density at radius 3 is 1.95 bits per heavy atom. The third-order valence-corrected chi connectivity index (χ3v) is 2.57. The van der Waals surface area contributed by atoms with Crippen molar-refractivity contribution in [2.75, 3.05) is 41.3 Å². The lowest BCUT2D eigenvalue weighted by Gasteiger charge is -2.28. The van der Waals surface area contributed by atoms with E-state index in [1.54, 1.807) is 12.1 Å². The standard InChI is InChI=1S/C10H15NO2.C3H7NO2.BrH/c1-11(2,7-8-12)9-3-5-10(13)6-4-9;1-4(2)3(5)6;/h3-6,12H,7-8H2,1-2H3;1-2H3,(H,5,6);1H. The highest BCUT2D eigenvalue weighted by Crippen LogP contribution is 2.21. The van der Waals surface area contributed by atoms with Crippen LogP contribution in [0, 0.1) is 0 Å². The third kappa shape index (κ3) is 7.98. The predicted molar refractivity (Wildman–Crippen MR) is 83.1 cm³/mol. The number of carbonyl (C=O) groups excluding carboxylic acids is 1. The number of aliphatic hydroxyl groups excluding tert-OH is 1. The molecule has 1 amide bonds. The topological polar surface area (TPSA) is 83.8 Å². The Morgan fingerprint density at radius 2 is 1.65 bits per heavy atom. The first-order chi connectivity index (χ1) is 8.70. The number of hydrogen-bond donors (Lipinski definition) is 2. The molecule has 0 aliphatic rings. The van der Waals surface area contributed by atoms with Gasteiger partial charge in [0.25, 0.3) is 0 Å². The van der Waals surface area contributed by atoms with Crippen LogP contribution in [-0.2, 0) is 0 Å². The molecule has 0 heterocycles. The van der Waals surface area contributed by atoms with Gasteiger partial charge in [0.1, 0.15) is 24.1 Å². The number of carbonyl (C=O) groups is 1. The van der Waals surface area contributed by atoms with Crippen LogP contribution in [0.4, 0.5) is 10.5 Å². The van der Waals surface area contributed by atoms with Crippen LogP contribution < -0.4 is 9.59 Å². The number of benzene rings is 1. The van der Waals surface area contributed by atoms with Crippen molar-refractivity contribution in [1.82, 2.24) is 9.38 Å². The van der Waals surface area contributed by atoms with E-state index in [4.69, 9.17) is 10.2 Å². The highest BCUT2D eigenvalue weighted by atomic mass is 79.9. The molecule has 116 valence electrons. The molecule has 1 rings (SSSR count). The minimum absolute atomic E-state index is 0. The first-order valence-electron chi connectivity index (χ1n) is 5.82. The molecule has 0 radical (unpaired) electrons. The van der Waals surface area contributed by atoms with E-state index in [9.17, 15) is 9.90 Å². The Morgan fingerprint density at radius 1 is 1.25 bits per heavy atom. The van der Waals surface area contributed by atoms with Crippen molar-refractivity contribution in [2.45, 2.75) is 0 Å². The van der Waals surface area contributed by atoms with Gasteiger partial charge in [0.05, 0.1) is 20.7 Å². The van der Waals surface area contributed by atoms with E-state index in [1.165, 1.54) is 14.1 Å². The van der Waals surface area contributed by atoms with Gasteiger partial charge in [-0.15, -0.1) is 17.0 Å². The fourth-order valence-electron chi connectivity index (χ4n) is 1.24. The maximum Gasteiger partial charge on any atom is 0.136 e. The molecule has 0 aromatic heterocycles. The summed E-state index contributed by atoms with van der Waals surface area (Å²) in [6.45, 7) is 0.832. The van der Waals surface area contributed by atoms with Crippen LogP contribution in [0.3, 0.4) is 0 Å². The fourth-order valence-corrected chi connectivity index (χ4v) is 1.24. The zero-order valence-electron chi connectivity index (χ0n) is 12.2. The van der Waals surface area contributed by atoms with Crippen LogP contribution in [0.25, 0.3) is 0 Å². The van der Waals surface area contributed by atoms with Gasteiger partial charge in [-0.05, 0) is 12.1 Å². The molecule has 0 aliphatic carbocycles. The summed E-state index contributed by atoms with van der Waals surface area (Å²) < 4.78 is 0.622. The maximum atomic E-state index is 9.51. The Hall–Kier alpha value is -1.31. The van der Waals surface area contributed by atoms with E-state index < -0.39 is 6.09 Å². The monoisotopic (exact) mass is 350 g/mol. The molecule has 0 unspecified atom stereocenters. The van der Waals surface area contributed by atoms with E-state index in [1.807, 2.05) is 26.2 Å². The van der Waals surface area contributed by atoms with Crippen LogP contribution in [0.5, 0.6) is 5.75 Å². The van der Waals surface area contributed by atoms with Gasteiger partial charge in [-0.3, -0.25) is 4.48 Å². The van der Waals surface area contributed by atoms with Gasteiger partial charge in [0.2, 0.25) is 0 Å². The number of phenols is 1. The van der Waals surface area contributed by atoms with Gasteiger partial charge in [-0.1, -0.05) is 0 Å². The molecule has 0 aliphatic heterocycles. The lowest BCUT2D eigenvalue weighted by atomic mass is 10.2. The molecular weight excluding hydrogens is 328 g/mol. The van der Waals surface area contributed by atoms with Crippen molar-refractivity contribution in [3.63, 3.8) is 0 Å². The van der Waals surface area contributed by atoms with Crippen LogP contribution in [0.15, 0.2) is 24.3 Å². The van der Waals surface area contributed by atoms with E-state index in [0.29, 0.717) is 11.0 Å². The highest BCUT2D eigenvalue weighted by Gasteiger charge is 2.17. The first kappa shape index (κ1) is 21.0. The number of amides is 1. The number of phenolic OH excluding ortho intramolecular Hbond substituents is 1. The molecule has 0 fully saturated rings. The molecule has 1 aromatic rings. The number of aliphatic hydroxyl groups is 1. The van der Waals surface area contributed by atoms with Crippen molar-refractivity contribution in [3.05, 3.63) is 24.3 Å². The molecule has 20 heavy (non-hydrogen) atoms. The van der Waals surface area contributed by atoms with Gasteiger partial charge in [0, 0.05) is 26.2 Å². The lowest BCUT2D eigenvalue weighted by molar-refractivity contribution is -0.262. The van der Waals surface area contributed by atoms with Gasteiger partial charge in [-0.2, -0.15) is 0 Å². The summed E-state index contributed by atoms with van der Waals surface area (Å²) >= 11 is 0. The van der Waals surface area contributed by atoms with E-state index >= 15 is 0 Å². The number of hydrogen-bond acceptors (Lipinski definition) is 4. The number of rotatable bonds is 3. The number of aromatic hydroxyl groups is 1. The van der Waals surface area contributed by atoms with Gasteiger partial charge < -0.3 is 25.0 Å². The quantitative estimate of drug-likeness (QED) is 0.774. The Kier molecular flexibility index (Phi) is 10.0. The van der Waals surface area contributed by atoms with Crippen molar-refractivity contribution < 1.29 is 20.1 Å². The number of halogens is 1. The summed E-state index contributed by atoms with van der Waals surface area (Å²) in [5.41, 5.74) is 1.08. The molecule has 0 bridgehead atoms. The molecule has 7 heteroatoms. The largest absolute Gasteiger partial charge is 0.530 e. The molecule has 2 N–H and O–H groups in total. The summed E-state index contributed by atoms with van der Waals surface area (Å²) in [6, 6.07) is 7.05. The fraction of sp³-hybridized carbons (Fsp3) is 0.462. The van der Waals surface area contributed by atoms with Crippen LogP contribution in [0.2, 0.25) is 0 Å². The normalized spacial score (nSPS) is 9.85. The number of nitrogens with zero attached hydrogens (tertiary/aromatic N) is 2. The van der Waals surface area contributed by atoms with Gasteiger partial charge >= 0.3 is 0 Å². The Labute approximate surface area is 130 Å². The molecule has 0 atom stereocenters. The zero-order chi connectivity index (χ0) is 15.1. The van der Waals surface area contributed by atoms with E-state index in [-0.39, 0.29) is 29.3 Å². The highest BCUT2D eigenvalue weighted by molar-refractivity contribution is 8.93. The molecule has 1 aromatic carbocycles. The molecule has 0 spiro atoms. The van der Waals surface area contributed by atoms with Crippen molar-refractivity contribution in [1.29, 1.82) is 0 Å². The van der Waals surface area contributed by atoms with Gasteiger partial charge in [0.15, 0.2) is 0 Å². The first-order valence-corrected chi connectivity index (χ1v) is 5.82. The van der Waals surface area contributed by atoms with E-state index in [0.717, 1.165) is 10.6 Å². The second-order valence-corrected chi connectivity index (χ2v) is 4.81. The summed E-state index contributed by atoms with van der Waals surface area (Å²) in [4.78, 5) is 10.5. The van der Waals surface area contributed by atoms with E-state index in [2.05, 4.69) is 0 Å². The summed E-state index contributed by atoms with van der Waals surface area (Å²) in [5.74, 6) is 0.271. The van der Waals surface area contributed by atoms with Crippen LogP contribution in [0.1, 0.15) is 0 Å². The molecular formula is C13H23BrN2O4. The average molecular weight is 351 g/mol. The summed E-state index contributed by atoms with van der Waals surface area (Å²) in [7, 11) is 6.86. The number of carboxylic acid groups (broad SMARTS) is 1. The Balaban J connectivity index is 0. The lowest BCUT2D eigenvalue weighted by Crippen LogP contribution is -2.42. The predicted octanol–water partition coefficient (Wildman–Crippen LogP) is 0.421. The third-order valence-electron chi connectivity index (χ3n) is 2.57. The second-order valence-electron chi connectivity index (χ2n) is 4.81. The average Bonchev–Trinajstić information content (AvgIpc) is 2.30. The number of quaternary nitrogens is 1.